The summed E-state index contributed by atoms with van der Waals surface area (Å²) in [4.78, 5) is 38.3. The van der Waals surface area contributed by atoms with Crippen LogP contribution in [0.2, 0.25) is 0 Å². The molecular formula is C33H40N7O9P. The van der Waals surface area contributed by atoms with E-state index >= 15 is 0 Å². The van der Waals surface area contributed by atoms with Crippen LogP contribution < -0.4 is 5.56 Å². The summed E-state index contributed by atoms with van der Waals surface area (Å²) in [6.45, 7) is 11.2. The number of ether oxygens (including phenoxy) is 3. The second-order valence-corrected chi connectivity index (χ2v) is 13.4. The van der Waals surface area contributed by atoms with Crippen molar-refractivity contribution < 1.29 is 37.7 Å². The summed E-state index contributed by atoms with van der Waals surface area (Å²) < 4.78 is 41.6. The minimum atomic E-state index is -1.97. The van der Waals surface area contributed by atoms with Gasteiger partial charge in [-0.2, -0.15) is 0 Å². The molecule has 1 N–H and O–H groups in total. The van der Waals surface area contributed by atoms with Crippen LogP contribution in [0.25, 0.3) is 27.7 Å². The van der Waals surface area contributed by atoms with Gasteiger partial charge in [-0.15, -0.1) is 0 Å². The van der Waals surface area contributed by atoms with Gasteiger partial charge >= 0.3 is 14.8 Å². The summed E-state index contributed by atoms with van der Waals surface area (Å²) in [7, 11) is 1.97. The molecule has 1 unspecified atom stereocenters. The molecule has 0 spiro atoms. The number of imidazole rings is 1. The van der Waals surface area contributed by atoms with Gasteiger partial charge in [-0.3, -0.25) is 13.8 Å². The Morgan fingerprint density at radius 1 is 1.14 bits per heavy atom. The molecule has 4 aromatic rings. The zero-order valence-corrected chi connectivity index (χ0v) is 29.0. The zero-order chi connectivity index (χ0) is 35.4. The third kappa shape index (κ3) is 7.53. The van der Waals surface area contributed by atoms with Crippen LogP contribution in [-0.4, -0.2) is 97.9 Å². The summed E-state index contributed by atoms with van der Waals surface area (Å²) in [5.41, 5.74) is 1.55. The highest BCUT2D eigenvalue weighted by Gasteiger charge is 2.47. The summed E-state index contributed by atoms with van der Waals surface area (Å²) in [5, 5.41) is 10.5. The first-order valence-corrected chi connectivity index (χ1v) is 17.4. The van der Waals surface area contributed by atoms with Gasteiger partial charge in [0.2, 0.25) is 12.3 Å². The zero-order valence-electron chi connectivity index (χ0n) is 28.1. The predicted molar refractivity (Wildman–Crippen MR) is 182 cm³/mol. The summed E-state index contributed by atoms with van der Waals surface area (Å²) in [6.07, 6.45) is 8.53. The van der Waals surface area contributed by atoms with Gasteiger partial charge in [0.25, 0.3) is 5.56 Å². The van der Waals surface area contributed by atoms with Crippen molar-refractivity contribution in [2.45, 2.75) is 63.6 Å². The van der Waals surface area contributed by atoms with Crippen molar-refractivity contribution in [1.82, 2.24) is 28.4 Å². The van der Waals surface area contributed by atoms with E-state index in [1.807, 2.05) is 61.1 Å². The Morgan fingerprint density at radius 2 is 1.96 bits per heavy atom. The van der Waals surface area contributed by atoms with E-state index in [2.05, 4.69) is 14.8 Å². The number of hydrogen-bond donors (Lipinski definition) is 1. The highest BCUT2D eigenvalue weighted by atomic mass is 31.2. The van der Waals surface area contributed by atoms with Crippen molar-refractivity contribution in [3.8, 4) is 0 Å². The SMILES string of the molecule is [C-]#[N+]CCOP(OC[C@H]1O[C@@H](n2ccc(=O)n3ccnc23)[C@H](OC(=O)O)[C@@H]1C)O[C@H]1C[C@H](n2ccc3c(/C=C\N(C)C)ccnc32)O[C@@H]1CC. The molecule has 2 saturated heterocycles. The standard InChI is InChI=1S/C33H40N7O9P/c1-6-24-25(19-28(46-24)39-15-9-23-22(8-14-37(4)5)7-11-35-30(23)39)49-50(44-18-13-34-3)45-20-26-21(2)29(48-33(42)43)31(47-26)40-16-10-27(41)38-17-12-36-32(38)40/h7-12,14-17,21,24-26,28-29,31H,6,13,18-20H2,1-2,4-5H3,(H,42,43)/b14-8-/t21-,24-,25+,26-,28-,29-,31-,50?/m1/s1. The van der Waals surface area contributed by atoms with E-state index in [4.69, 9.17) is 34.4 Å². The molecular weight excluding hydrogens is 669 g/mol. The van der Waals surface area contributed by atoms with E-state index in [9.17, 15) is 14.7 Å². The maximum atomic E-state index is 12.3. The van der Waals surface area contributed by atoms with Crippen LogP contribution in [0.3, 0.4) is 0 Å². The molecule has 16 nitrogen and oxygen atoms in total. The van der Waals surface area contributed by atoms with Gasteiger partial charge < -0.3 is 47.2 Å². The second-order valence-electron chi connectivity index (χ2n) is 12.2. The Labute approximate surface area is 289 Å². The van der Waals surface area contributed by atoms with Gasteiger partial charge in [0.15, 0.2) is 12.3 Å². The van der Waals surface area contributed by atoms with Gasteiger partial charge in [-0.25, -0.2) is 21.3 Å². The van der Waals surface area contributed by atoms with Crippen LogP contribution in [0.1, 0.15) is 44.7 Å². The molecule has 0 saturated carbocycles. The quantitative estimate of drug-likeness (QED) is 0.0816. The predicted octanol–water partition coefficient (Wildman–Crippen LogP) is 4.94. The van der Waals surface area contributed by atoms with Crippen molar-refractivity contribution >= 4 is 37.6 Å². The number of carboxylic acid groups (broad SMARTS) is 1. The van der Waals surface area contributed by atoms with E-state index in [1.54, 1.807) is 17.7 Å². The van der Waals surface area contributed by atoms with Crippen molar-refractivity contribution in [3.05, 3.63) is 82.7 Å². The summed E-state index contributed by atoms with van der Waals surface area (Å²) in [5.74, 6) is -0.183. The molecule has 0 bridgehead atoms. The Kier molecular flexibility index (Phi) is 11.1. The molecule has 2 aliphatic heterocycles. The molecule has 50 heavy (non-hydrogen) atoms. The molecule has 2 aliphatic rings. The van der Waals surface area contributed by atoms with Crippen molar-refractivity contribution in [2.75, 3.05) is 33.9 Å². The minimum Gasteiger partial charge on any atom is -0.450 e. The van der Waals surface area contributed by atoms with Gasteiger partial charge in [0.05, 0.1) is 24.9 Å². The Bertz CT molecular complexity index is 1920. The second kappa shape index (κ2) is 15.7. The fourth-order valence-electron chi connectivity index (χ4n) is 6.23. The average molecular weight is 710 g/mol. The molecule has 266 valence electrons. The first-order chi connectivity index (χ1) is 24.2. The number of fused-ring (bicyclic) bond motifs is 2. The number of nitrogens with zero attached hydrogens (tertiary/aromatic N) is 7. The normalized spacial score (nSPS) is 25.8. The molecule has 0 aliphatic carbocycles. The van der Waals surface area contributed by atoms with Crippen LogP contribution in [0.15, 0.2) is 60.2 Å². The molecule has 0 radical (unpaired) electrons. The van der Waals surface area contributed by atoms with Crippen molar-refractivity contribution in [1.29, 1.82) is 0 Å². The van der Waals surface area contributed by atoms with Gasteiger partial charge in [0.1, 0.15) is 18.5 Å². The number of hydrogen-bond acceptors (Lipinski definition) is 11. The van der Waals surface area contributed by atoms with E-state index in [0.717, 1.165) is 16.6 Å². The Hall–Kier alpha value is -4.36. The average Bonchev–Trinajstić information content (AvgIpc) is 3.89. The first kappa shape index (κ1) is 35.5. The number of rotatable bonds is 14. The van der Waals surface area contributed by atoms with Crippen LogP contribution >= 0.6 is 8.60 Å². The molecule has 8 atom stereocenters. The Morgan fingerprint density at radius 3 is 2.72 bits per heavy atom. The number of pyridine rings is 1. The van der Waals surface area contributed by atoms with Gasteiger partial charge in [0, 0.05) is 68.9 Å². The van der Waals surface area contributed by atoms with E-state index in [1.165, 1.54) is 29.1 Å². The third-order valence-electron chi connectivity index (χ3n) is 8.74. The van der Waals surface area contributed by atoms with E-state index < -0.39 is 39.1 Å². The molecule has 6 rings (SSSR count). The molecule has 0 aromatic carbocycles. The minimum absolute atomic E-state index is 0.0189. The first-order valence-electron chi connectivity index (χ1n) is 16.3. The smallest absolute Gasteiger partial charge is 0.450 e. The molecule has 4 aromatic heterocycles. The lowest BCUT2D eigenvalue weighted by molar-refractivity contribution is -0.0591. The van der Waals surface area contributed by atoms with E-state index in [0.29, 0.717) is 12.8 Å². The summed E-state index contributed by atoms with van der Waals surface area (Å²) >= 11 is 0. The highest BCUT2D eigenvalue weighted by molar-refractivity contribution is 7.41. The van der Waals surface area contributed by atoms with Crippen molar-refractivity contribution in [3.63, 3.8) is 0 Å². The molecule has 17 heteroatoms. The third-order valence-corrected chi connectivity index (χ3v) is 9.93. The van der Waals surface area contributed by atoms with Crippen LogP contribution in [0.4, 0.5) is 4.79 Å². The highest BCUT2D eigenvalue weighted by Crippen LogP contribution is 2.48. The summed E-state index contributed by atoms with van der Waals surface area (Å²) in [6, 6.07) is 5.35. The van der Waals surface area contributed by atoms with Crippen LogP contribution in [0.5, 0.6) is 0 Å². The molecule has 6 heterocycles. The number of aromatic nitrogens is 5. The molecule has 2 fully saturated rings. The topological polar surface area (TPSA) is 157 Å². The fourth-order valence-corrected chi connectivity index (χ4v) is 7.37. The van der Waals surface area contributed by atoms with Gasteiger partial charge in [-0.05, 0) is 36.4 Å². The number of carbonyl (C=O) groups is 1. The lowest BCUT2D eigenvalue weighted by atomic mass is 10.0. The van der Waals surface area contributed by atoms with Gasteiger partial charge in [-0.1, -0.05) is 13.8 Å². The monoisotopic (exact) mass is 709 g/mol. The van der Waals surface area contributed by atoms with Crippen LogP contribution in [0, 0.1) is 12.5 Å². The fraction of sp³-hybridized carbons (Fsp3) is 0.485. The van der Waals surface area contributed by atoms with Crippen LogP contribution in [-0.2, 0) is 27.8 Å². The van der Waals surface area contributed by atoms with Crippen molar-refractivity contribution in [2.24, 2.45) is 5.92 Å². The lowest BCUT2D eigenvalue weighted by Crippen LogP contribution is -2.31. The van der Waals surface area contributed by atoms with E-state index in [-0.39, 0.29) is 49.5 Å². The Balaban J connectivity index is 1.17. The maximum absolute atomic E-state index is 12.3. The maximum Gasteiger partial charge on any atom is 0.506 e. The lowest BCUT2D eigenvalue weighted by Gasteiger charge is -2.24. The molecule has 0 amide bonds. The largest absolute Gasteiger partial charge is 0.506 e.